The molecular weight excluding hydrogens is 240 g/mol. The first-order valence-electron chi connectivity index (χ1n) is 7.76. The highest BCUT2D eigenvalue weighted by Crippen LogP contribution is 2.50. The van der Waals surface area contributed by atoms with Crippen molar-refractivity contribution in [3.63, 3.8) is 0 Å². The van der Waals surface area contributed by atoms with Crippen molar-refractivity contribution in [1.82, 2.24) is 0 Å². The maximum absolute atomic E-state index is 12.3. The van der Waals surface area contributed by atoms with Gasteiger partial charge in [0.25, 0.3) is 0 Å². The molecule has 2 unspecified atom stereocenters. The molecule has 3 heteroatoms. The summed E-state index contributed by atoms with van der Waals surface area (Å²) in [6.45, 7) is 8.01. The Morgan fingerprint density at radius 2 is 1.95 bits per heavy atom. The van der Waals surface area contributed by atoms with E-state index in [4.69, 9.17) is 9.47 Å². The second-order valence-electron chi connectivity index (χ2n) is 7.05. The molecule has 3 nitrogen and oxygen atoms in total. The van der Waals surface area contributed by atoms with Crippen molar-refractivity contribution in [3.8, 4) is 0 Å². The van der Waals surface area contributed by atoms with Gasteiger partial charge in [0.2, 0.25) is 6.29 Å². The van der Waals surface area contributed by atoms with Gasteiger partial charge >= 0.3 is 5.97 Å². The zero-order valence-corrected chi connectivity index (χ0v) is 12.8. The van der Waals surface area contributed by atoms with Gasteiger partial charge in [0.1, 0.15) is 0 Å². The average Bonchev–Trinajstić information content (AvgIpc) is 2.66. The van der Waals surface area contributed by atoms with Crippen molar-refractivity contribution in [2.24, 2.45) is 10.8 Å². The number of carbonyl (C=O) groups excluding carboxylic acids is 1. The van der Waals surface area contributed by atoms with Crippen LogP contribution in [-0.2, 0) is 14.3 Å². The molecule has 2 rings (SSSR count). The fourth-order valence-corrected chi connectivity index (χ4v) is 3.32. The molecular formula is C16H28O3. The molecule has 1 saturated heterocycles. The van der Waals surface area contributed by atoms with Crippen molar-refractivity contribution in [1.29, 1.82) is 0 Å². The Labute approximate surface area is 117 Å². The molecule has 0 bridgehead atoms. The van der Waals surface area contributed by atoms with Crippen LogP contribution in [0.5, 0.6) is 0 Å². The normalized spacial score (nSPS) is 30.5. The van der Waals surface area contributed by atoms with Crippen LogP contribution < -0.4 is 0 Å². The lowest BCUT2D eigenvalue weighted by Crippen LogP contribution is -2.39. The van der Waals surface area contributed by atoms with Gasteiger partial charge in [0.15, 0.2) is 0 Å². The molecule has 0 aromatic carbocycles. The van der Waals surface area contributed by atoms with E-state index < -0.39 is 5.41 Å². The zero-order valence-electron chi connectivity index (χ0n) is 12.8. The van der Waals surface area contributed by atoms with Gasteiger partial charge in [-0.1, -0.05) is 26.2 Å². The zero-order chi connectivity index (χ0) is 14.1. The van der Waals surface area contributed by atoms with Gasteiger partial charge in [-0.2, -0.15) is 0 Å². The Balaban J connectivity index is 2.07. The van der Waals surface area contributed by atoms with E-state index in [1.807, 2.05) is 20.8 Å². The maximum Gasteiger partial charge on any atom is 0.313 e. The molecule has 110 valence electrons. The summed E-state index contributed by atoms with van der Waals surface area (Å²) in [4.78, 5) is 12.3. The topological polar surface area (TPSA) is 35.5 Å². The molecule has 1 saturated carbocycles. The van der Waals surface area contributed by atoms with E-state index in [2.05, 4.69) is 6.92 Å². The molecule has 0 aromatic rings. The van der Waals surface area contributed by atoms with E-state index in [0.29, 0.717) is 0 Å². The smallest absolute Gasteiger partial charge is 0.313 e. The monoisotopic (exact) mass is 268 g/mol. The number of rotatable bonds is 3. The summed E-state index contributed by atoms with van der Waals surface area (Å²) in [5.74, 6) is -0.112. The van der Waals surface area contributed by atoms with Gasteiger partial charge in [-0.3, -0.25) is 4.79 Å². The summed E-state index contributed by atoms with van der Waals surface area (Å²) in [5, 5.41) is 0. The van der Waals surface area contributed by atoms with E-state index >= 15 is 0 Å². The van der Waals surface area contributed by atoms with Crippen LogP contribution in [-0.4, -0.2) is 18.4 Å². The van der Waals surface area contributed by atoms with Gasteiger partial charge < -0.3 is 9.47 Å². The third kappa shape index (κ3) is 2.96. The third-order valence-corrected chi connectivity index (χ3v) is 5.05. The number of esters is 1. The van der Waals surface area contributed by atoms with Crippen LogP contribution in [0.1, 0.15) is 72.6 Å². The van der Waals surface area contributed by atoms with Crippen LogP contribution in [0, 0.1) is 10.8 Å². The molecule has 0 amide bonds. The predicted octanol–water partition coefficient (Wildman–Crippen LogP) is 4.05. The van der Waals surface area contributed by atoms with Crippen LogP contribution in [0.15, 0.2) is 0 Å². The van der Waals surface area contributed by atoms with E-state index in [0.717, 1.165) is 25.7 Å². The number of hydrogen-bond acceptors (Lipinski definition) is 3. The number of ether oxygens (including phenoxy) is 2. The summed E-state index contributed by atoms with van der Waals surface area (Å²) < 4.78 is 11.7. The van der Waals surface area contributed by atoms with Crippen LogP contribution in [0.4, 0.5) is 0 Å². The molecule has 2 aliphatic rings. The molecule has 1 aliphatic carbocycles. The third-order valence-electron chi connectivity index (χ3n) is 5.05. The van der Waals surface area contributed by atoms with E-state index in [-0.39, 0.29) is 23.8 Å². The highest BCUT2D eigenvalue weighted by molar-refractivity contribution is 5.76. The Kier molecular flexibility index (Phi) is 4.24. The van der Waals surface area contributed by atoms with Crippen molar-refractivity contribution >= 4 is 5.97 Å². The second kappa shape index (κ2) is 5.43. The maximum atomic E-state index is 12.3. The Morgan fingerprint density at radius 3 is 2.53 bits per heavy atom. The highest BCUT2D eigenvalue weighted by Gasteiger charge is 2.50. The van der Waals surface area contributed by atoms with Gasteiger partial charge in [0, 0.05) is 5.41 Å². The minimum absolute atomic E-state index is 0.0944. The summed E-state index contributed by atoms with van der Waals surface area (Å²) >= 11 is 0. The first kappa shape index (κ1) is 14.8. The van der Waals surface area contributed by atoms with Crippen molar-refractivity contribution in [2.45, 2.75) is 85.0 Å². The minimum atomic E-state index is -0.412. The Bertz CT molecular complexity index is 329. The fraction of sp³-hybridized carbons (Fsp3) is 0.938. The largest absolute Gasteiger partial charge is 0.435 e. The highest BCUT2D eigenvalue weighted by atomic mass is 16.7. The lowest BCUT2D eigenvalue weighted by Gasteiger charge is -2.37. The summed E-state index contributed by atoms with van der Waals surface area (Å²) in [5.41, 5.74) is -0.317. The quantitative estimate of drug-likeness (QED) is 0.724. The number of hydrogen-bond donors (Lipinski definition) is 0. The van der Waals surface area contributed by atoms with Crippen LogP contribution in [0.2, 0.25) is 0 Å². The molecule has 1 heterocycles. The van der Waals surface area contributed by atoms with Crippen LogP contribution in [0.3, 0.4) is 0 Å². The first-order chi connectivity index (χ1) is 8.89. The van der Waals surface area contributed by atoms with Gasteiger partial charge in [-0.25, -0.2) is 0 Å². The van der Waals surface area contributed by atoms with Crippen LogP contribution in [0.25, 0.3) is 0 Å². The molecule has 0 N–H and O–H groups in total. The van der Waals surface area contributed by atoms with Crippen molar-refractivity contribution < 1.29 is 14.3 Å². The second-order valence-corrected chi connectivity index (χ2v) is 7.05. The predicted molar refractivity (Wildman–Crippen MR) is 74.6 cm³/mol. The summed E-state index contributed by atoms with van der Waals surface area (Å²) in [7, 11) is 0. The first-order valence-corrected chi connectivity index (χ1v) is 7.76. The van der Waals surface area contributed by atoms with Gasteiger partial charge in [0.05, 0.1) is 11.5 Å². The molecule has 0 aromatic heterocycles. The fourth-order valence-electron chi connectivity index (χ4n) is 3.32. The molecule has 1 spiro atoms. The Morgan fingerprint density at radius 1 is 1.32 bits per heavy atom. The van der Waals surface area contributed by atoms with E-state index in [1.54, 1.807) is 0 Å². The van der Waals surface area contributed by atoms with Crippen LogP contribution >= 0.6 is 0 Å². The summed E-state index contributed by atoms with van der Waals surface area (Å²) in [6, 6.07) is 0. The van der Waals surface area contributed by atoms with Crippen molar-refractivity contribution in [2.75, 3.05) is 0 Å². The minimum Gasteiger partial charge on any atom is -0.435 e. The van der Waals surface area contributed by atoms with Gasteiger partial charge in [-0.05, 0) is 46.5 Å². The molecule has 0 radical (unpaired) electrons. The molecule has 2 fully saturated rings. The molecule has 19 heavy (non-hydrogen) atoms. The van der Waals surface area contributed by atoms with E-state index in [1.165, 1.54) is 19.3 Å². The standard InChI is InChI=1S/C16H28O3/c1-5-15(3,4)13(17)19-14-16(11-12(2)18-14)9-7-6-8-10-16/h12,14H,5-11H2,1-4H3. The molecule has 1 aliphatic heterocycles. The lowest BCUT2D eigenvalue weighted by atomic mass is 9.71. The summed E-state index contributed by atoms with van der Waals surface area (Å²) in [6.07, 6.45) is 7.78. The van der Waals surface area contributed by atoms with Crippen molar-refractivity contribution in [3.05, 3.63) is 0 Å². The average molecular weight is 268 g/mol. The van der Waals surface area contributed by atoms with E-state index in [9.17, 15) is 4.79 Å². The SMILES string of the molecule is CCC(C)(C)C(=O)OC1OC(C)CC12CCCCC2. The number of carbonyl (C=O) groups is 1. The lowest BCUT2D eigenvalue weighted by molar-refractivity contribution is -0.204. The Hall–Kier alpha value is -0.570. The molecule has 2 atom stereocenters. The van der Waals surface area contributed by atoms with Gasteiger partial charge in [-0.15, -0.1) is 0 Å².